The molecule has 0 unspecified atom stereocenters. The molecule has 0 aliphatic carbocycles. The Morgan fingerprint density at radius 3 is 3.00 bits per heavy atom. The van der Waals surface area contributed by atoms with Crippen molar-refractivity contribution in [3.8, 4) is 0 Å². The number of nitrogens with zero attached hydrogens (tertiary/aromatic N) is 1. The van der Waals surface area contributed by atoms with Crippen LogP contribution >= 0.6 is 0 Å². The van der Waals surface area contributed by atoms with Crippen LogP contribution in [0.4, 0.5) is 0 Å². The number of hydrogen-bond acceptors (Lipinski definition) is 3. The second-order valence-electron chi connectivity index (χ2n) is 3.21. The maximum Gasteiger partial charge on any atom is 0.304 e. The van der Waals surface area contributed by atoms with Crippen LogP contribution in [0.5, 0.6) is 0 Å². The lowest BCUT2D eigenvalue weighted by Gasteiger charge is -2.21. The van der Waals surface area contributed by atoms with Gasteiger partial charge in [-0.2, -0.15) is 0 Å². The zero-order chi connectivity index (χ0) is 8.97. The molecule has 0 aromatic carbocycles. The van der Waals surface area contributed by atoms with Gasteiger partial charge in [-0.25, -0.2) is 0 Å². The summed E-state index contributed by atoms with van der Waals surface area (Å²) in [7, 11) is 0. The Balaban J connectivity index is 2.26. The van der Waals surface area contributed by atoms with Gasteiger partial charge in [0.1, 0.15) is 0 Å². The van der Waals surface area contributed by atoms with E-state index in [0.29, 0.717) is 19.1 Å². The molecule has 0 saturated carbocycles. The molecule has 1 fully saturated rings. The summed E-state index contributed by atoms with van der Waals surface area (Å²) >= 11 is 0. The second-order valence-corrected chi connectivity index (χ2v) is 3.21. The minimum absolute atomic E-state index is 0.233. The van der Waals surface area contributed by atoms with Gasteiger partial charge < -0.3 is 10.8 Å². The van der Waals surface area contributed by atoms with E-state index in [4.69, 9.17) is 10.8 Å². The van der Waals surface area contributed by atoms with E-state index in [-0.39, 0.29) is 6.42 Å². The maximum atomic E-state index is 10.3. The summed E-state index contributed by atoms with van der Waals surface area (Å²) in [5.41, 5.74) is 5.54. The smallest absolute Gasteiger partial charge is 0.304 e. The van der Waals surface area contributed by atoms with Crippen LogP contribution < -0.4 is 5.73 Å². The van der Waals surface area contributed by atoms with Gasteiger partial charge in [0.05, 0.1) is 6.42 Å². The minimum Gasteiger partial charge on any atom is -0.481 e. The Morgan fingerprint density at radius 2 is 2.42 bits per heavy atom. The molecule has 1 saturated heterocycles. The van der Waals surface area contributed by atoms with E-state index in [0.717, 1.165) is 19.4 Å². The van der Waals surface area contributed by atoms with Gasteiger partial charge in [-0.1, -0.05) is 0 Å². The van der Waals surface area contributed by atoms with E-state index < -0.39 is 5.97 Å². The Kier molecular flexibility index (Phi) is 3.49. The molecule has 0 spiro atoms. The number of rotatable bonds is 4. The zero-order valence-corrected chi connectivity index (χ0v) is 7.20. The van der Waals surface area contributed by atoms with Crippen molar-refractivity contribution in [3.63, 3.8) is 0 Å². The molecule has 0 aromatic heterocycles. The normalized spacial score (nSPS) is 24.6. The standard InChI is InChI=1S/C8H16N2O2/c9-6-7-2-1-4-10(7)5-3-8(11)12/h7H,1-6,9H2,(H,11,12)/t7-/m1/s1. The van der Waals surface area contributed by atoms with Gasteiger partial charge in [0.15, 0.2) is 0 Å². The van der Waals surface area contributed by atoms with Crippen molar-refractivity contribution < 1.29 is 9.90 Å². The van der Waals surface area contributed by atoms with Crippen molar-refractivity contribution in [2.75, 3.05) is 19.6 Å². The fourth-order valence-electron chi connectivity index (χ4n) is 1.70. The third-order valence-corrected chi connectivity index (χ3v) is 2.38. The van der Waals surface area contributed by atoms with Crippen LogP contribution in [0, 0.1) is 0 Å². The SMILES string of the molecule is NC[C@H]1CCCN1CCC(=O)O. The van der Waals surface area contributed by atoms with Crippen LogP contribution in [0.15, 0.2) is 0 Å². The van der Waals surface area contributed by atoms with Gasteiger partial charge >= 0.3 is 5.97 Å². The van der Waals surface area contributed by atoms with Crippen LogP contribution in [-0.2, 0) is 4.79 Å². The van der Waals surface area contributed by atoms with Crippen LogP contribution in [-0.4, -0.2) is 41.7 Å². The molecule has 1 aliphatic rings. The quantitative estimate of drug-likeness (QED) is 0.620. The van der Waals surface area contributed by atoms with Gasteiger partial charge in [0.2, 0.25) is 0 Å². The van der Waals surface area contributed by atoms with Gasteiger partial charge in [0, 0.05) is 19.1 Å². The largest absolute Gasteiger partial charge is 0.481 e. The van der Waals surface area contributed by atoms with E-state index in [1.807, 2.05) is 0 Å². The van der Waals surface area contributed by atoms with Crippen LogP contribution in [0.2, 0.25) is 0 Å². The van der Waals surface area contributed by atoms with Crippen molar-refractivity contribution >= 4 is 5.97 Å². The molecule has 70 valence electrons. The fourth-order valence-corrected chi connectivity index (χ4v) is 1.70. The molecule has 0 amide bonds. The molecule has 0 radical (unpaired) electrons. The molecule has 12 heavy (non-hydrogen) atoms. The second kappa shape index (κ2) is 4.42. The molecule has 3 N–H and O–H groups in total. The predicted molar refractivity (Wildman–Crippen MR) is 45.9 cm³/mol. The maximum absolute atomic E-state index is 10.3. The summed E-state index contributed by atoms with van der Waals surface area (Å²) in [6.07, 6.45) is 2.51. The molecule has 1 atom stereocenters. The monoisotopic (exact) mass is 172 g/mol. The molecule has 0 bridgehead atoms. The summed E-state index contributed by atoms with van der Waals surface area (Å²) in [6, 6.07) is 0.421. The molecule has 4 nitrogen and oxygen atoms in total. The van der Waals surface area contributed by atoms with E-state index in [9.17, 15) is 4.79 Å². The summed E-state index contributed by atoms with van der Waals surface area (Å²) in [6.45, 7) is 2.31. The Morgan fingerprint density at radius 1 is 1.67 bits per heavy atom. The predicted octanol–water partition coefficient (Wildman–Crippen LogP) is -0.116. The van der Waals surface area contributed by atoms with Crippen molar-refractivity contribution in [1.29, 1.82) is 0 Å². The first-order valence-corrected chi connectivity index (χ1v) is 4.40. The average Bonchev–Trinajstić information content (AvgIpc) is 2.47. The van der Waals surface area contributed by atoms with Crippen LogP contribution in [0.25, 0.3) is 0 Å². The molecule has 1 heterocycles. The van der Waals surface area contributed by atoms with Gasteiger partial charge in [-0.15, -0.1) is 0 Å². The first-order chi connectivity index (χ1) is 5.74. The highest BCUT2D eigenvalue weighted by molar-refractivity contribution is 5.66. The topological polar surface area (TPSA) is 66.6 Å². The number of hydrogen-bond donors (Lipinski definition) is 2. The van der Waals surface area contributed by atoms with Gasteiger partial charge in [-0.05, 0) is 19.4 Å². The van der Waals surface area contributed by atoms with Gasteiger partial charge in [-0.3, -0.25) is 9.69 Å². The number of nitrogens with two attached hydrogens (primary N) is 1. The number of carboxylic acid groups (broad SMARTS) is 1. The van der Waals surface area contributed by atoms with Crippen LogP contribution in [0.1, 0.15) is 19.3 Å². The summed E-state index contributed by atoms with van der Waals surface area (Å²) < 4.78 is 0. The lowest BCUT2D eigenvalue weighted by Crippen LogP contribution is -2.36. The molecule has 0 aromatic rings. The zero-order valence-electron chi connectivity index (χ0n) is 7.20. The molecule has 1 rings (SSSR count). The Labute approximate surface area is 72.3 Å². The average molecular weight is 172 g/mol. The van der Waals surface area contributed by atoms with E-state index in [1.54, 1.807) is 0 Å². The molecule has 4 heteroatoms. The van der Waals surface area contributed by atoms with E-state index in [1.165, 1.54) is 0 Å². The number of carboxylic acids is 1. The first-order valence-electron chi connectivity index (χ1n) is 4.40. The molecule has 1 aliphatic heterocycles. The highest BCUT2D eigenvalue weighted by Crippen LogP contribution is 2.15. The Hall–Kier alpha value is -0.610. The van der Waals surface area contributed by atoms with Crippen LogP contribution in [0.3, 0.4) is 0 Å². The number of carbonyl (C=O) groups is 1. The van der Waals surface area contributed by atoms with Crippen molar-refractivity contribution in [2.45, 2.75) is 25.3 Å². The Bertz CT molecular complexity index is 161. The van der Waals surface area contributed by atoms with Crippen molar-refractivity contribution in [3.05, 3.63) is 0 Å². The third-order valence-electron chi connectivity index (χ3n) is 2.38. The lowest BCUT2D eigenvalue weighted by atomic mass is 10.2. The fraction of sp³-hybridized carbons (Fsp3) is 0.875. The number of likely N-dealkylation sites (tertiary alicyclic amines) is 1. The third kappa shape index (κ3) is 2.46. The molecular formula is C8H16N2O2. The highest BCUT2D eigenvalue weighted by Gasteiger charge is 2.22. The summed E-state index contributed by atoms with van der Waals surface area (Å²) in [5, 5.41) is 8.47. The van der Waals surface area contributed by atoms with E-state index >= 15 is 0 Å². The van der Waals surface area contributed by atoms with E-state index in [2.05, 4.69) is 4.90 Å². The summed E-state index contributed by atoms with van der Waals surface area (Å²) in [4.78, 5) is 12.5. The lowest BCUT2D eigenvalue weighted by molar-refractivity contribution is -0.137. The molecular weight excluding hydrogens is 156 g/mol. The highest BCUT2D eigenvalue weighted by atomic mass is 16.4. The van der Waals surface area contributed by atoms with Crippen molar-refractivity contribution in [2.24, 2.45) is 5.73 Å². The minimum atomic E-state index is -0.724. The number of aliphatic carboxylic acids is 1. The van der Waals surface area contributed by atoms with Gasteiger partial charge in [0.25, 0.3) is 0 Å². The first kappa shape index (κ1) is 9.48. The van der Waals surface area contributed by atoms with Crippen molar-refractivity contribution in [1.82, 2.24) is 4.90 Å². The summed E-state index contributed by atoms with van der Waals surface area (Å²) in [5.74, 6) is -0.724.